The van der Waals surface area contributed by atoms with Crippen molar-refractivity contribution in [2.24, 2.45) is 5.10 Å². The summed E-state index contributed by atoms with van der Waals surface area (Å²) in [4.78, 5) is 25.1. The summed E-state index contributed by atoms with van der Waals surface area (Å²) in [5.74, 6) is -3.27. The van der Waals surface area contributed by atoms with Crippen LogP contribution in [0.2, 0.25) is 5.02 Å². The number of nitrogens with one attached hydrogen (secondary N) is 1. The number of hydrogen-bond donors (Lipinski definition) is 1. The van der Waals surface area contributed by atoms with Crippen molar-refractivity contribution in [3.8, 4) is 0 Å². The minimum absolute atomic E-state index is 0.129. The molecule has 0 bridgehead atoms. The summed E-state index contributed by atoms with van der Waals surface area (Å²) >= 11 is 5.83. The lowest BCUT2D eigenvalue weighted by atomic mass is 10.2. The normalized spacial score (nSPS) is 17.8. The highest BCUT2D eigenvalue weighted by Crippen LogP contribution is 2.30. The molecule has 22 heavy (non-hydrogen) atoms. The lowest BCUT2D eigenvalue weighted by molar-refractivity contribution is -0.122. The molecule has 0 radical (unpaired) electrons. The van der Waals surface area contributed by atoms with Gasteiger partial charge in [-0.1, -0.05) is 11.6 Å². The van der Waals surface area contributed by atoms with Crippen molar-refractivity contribution in [2.45, 2.75) is 6.92 Å². The molecule has 0 aliphatic carbocycles. The Morgan fingerprint density at radius 2 is 2.05 bits per heavy atom. The molecule has 1 aromatic carbocycles. The fraction of sp³-hybridized carbons (Fsp3) is 0.154. The fourth-order valence-electron chi connectivity index (χ4n) is 2.15. The number of fused-ring (bicyclic) bond motifs is 1. The van der Waals surface area contributed by atoms with Crippen LogP contribution in [0.25, 0.3) is 0 Å². The number of carbonyl (C=O) groups is 2. The fourth-order valence-corrected chi connectivity index (χ4v) is 2.30. The molecule has 2 heterocycles. The monoisotopic (exact) mass is 326 g/mol. The van der Waals surface area contributed by atoms with Gasteiger partial charge in [-0.2, -0.15) is 4.39 Å². The topological polar surface area (TPSA) is 65.0 Å². The Morgan fingerprint density at radius 1 is 1.32 bits per heavy atom. The van der Waals surface area contributed by atoms with Crippen molar-refractivity contribution in [2.75, 3.05) is 11.4 Å². The third kappa shape index (κ3) is 2.21. The second-order valence-electron chi connectivity index (χ2n) is 4.73. The molecule has 0 atom stereocenters. The van der Waals surface area contributed by atoms with Gasteiger partial charge in [-0.15, -0.1) is 5.10 Å². The zero-order valence-corrected chi connectivity index (χ0v) is 12.0. The van der Waals surface area contributed by atoms with Crippen LogP contribution in [0.15, 0.2) is 29.3 Å². The summed E-state index contributed by atoms with van der Waals surface area (Å²) < 4.78 is 28.0. The van der Waals surface area contributed by atoms with E-state index in [9.17, 15) is 18.4 Å². The van der Waals surface area contributed by atoms with Gasteiger partial charge in [0.15, 0.2) is 0 Å². The van der Waals surface area contributed by atoms with Crippen LogP contribution in [-0.2, 0) is 9.59 Å². The summed E-state index contributed by atoms with van der Waals surface area (Å²) in [5.41, 5.74) is 2.54. The van der Waals surface area contributed by atoms with E-state index in [1.165, 1.54) is 6.07 Å². The average Bonchev–Trinajstić information content (AvgIpc) is 2.45. The van der Waals surface area contributed by atoms with Crippen molar-refractivity contribution >= 4 is 35.1 Å². The second-order valence-corrected chi connectivity index (χ2v) is 5.13. The van der Waals surface area contributed by atoms with Crippen LogP contribution in [0.5, 0.6) is 0 Å². The first-order chi connectivity index (χ1) is 10.4. The average molecular weight is 327 g/mol. The molecule has 0 fully saturated rings. The van der Waals surface area contributed by atoms with Gasteiger partial charge in [0.1, 0.15) is 12.4 Å². The summed E-state index contributed by atoms with van der Waals surface area (Å²) in [6, 6.07) is 2.41. The Morgan fingerprint density at radius 3 is 2.77 bits per heavy atom. The molecule has 1 N–H and O–H groups in total. The van der Waals surface area contributed by atoms with E-state index in [1.54, 1.807) is 6.92 Å². The maximum Gasteiger partial charge on any atom is 0.262 e. The van der Waals surface area contributed by atoms with E-state index in [4.69, 9.17) is 11.6 Å². The lowest BCUT2D eigenvalue weighted by Gasteiger charge is -2.36. The Kier molecular flexibility index (Phi) is 3.32. The number of guanidine groups is 1. The van der Waals surface area contributed by atoms with Crippen LogP contribution in [0.4, 0.5) is 14.5 Å². The van der Waals surface area contributed by atoms with Crippen LogP contribution in [0.3, 0.4) is 0 Å². The minimum atomic E-state index is -0.930. The molecule has 2 aliphatic rings. The quantitative estimate of drug-likeness (QED) is 0.798. The lowest BCUT2D eigenvalue weighted by Crippen LogP contribution is -2.56. The highest BCUT2D eigenvalue weighted by Gasteiger charge is 2.37. The standard InChI is InChI=1S/C13H9ClF2N4O2/c1-6-2-9(8(15)3-7(6)14)20-12(22)4-10(16)19-5-11(21)17-18-13(19)20/h2-4H,5H2,1H3,(H,17,21). The van der Waals surface area contributed by atoms with Crippen molar-refractivity contribution in [3.63, 3.8) is 0 Å². The van der Waals surface area contributed by atoms with Gasteiger partial charge in [-0.05, 0) is 24.6 Å². The summed E-state index contributed by atoms with van der Waals surface area (Å²) in [7, 11) is 0. The third-order valence-corrected chi connectivity index (χ3v) is 3.62. The molecule has 9 heteroatoms. The summed E-state index contributed by atoms with van der Waals surface area (Å²) in [5, 5.41) is 3.85. The molecule has 6 nitrogen and oxygen atoms in total. The molecule has 3 rings (SSSR count). The minimum Gasteiger partial charge on any atom is -0.277 e. The number of amides is 2. The third-order valence-electron chi connectivity index (χ3n) is 3.21. The Labute approximate surface area is 128 Å². The van der Waals surface area contributed by atoms with E-state index in [-0.39, 0.29) is 23.2 Å². The van der Waals surface area contributed by atoms with Gasteiger partial charge in [0, 0.05) is 5.02 Å². The van der Waals surface area contributed by atoms with Gasteiger partial charge in [0.25, 0.3) is 11.8 Å². The Balaban J connectivity index is 2.15. The van der Waals surface area contributed by atoms with E-state index in [0.29, 0.717) is 11.6 Å². The van der Waals surface area contributed by atoms with E-state index in [2.05, 4.69) is 10.5 Å². The highest BCUT2D eigenvalue weighted by molar-refractivity contribution is 6.31. The first kappa shape index (κ1) is 14.5. The Bertz CT molecular complexity index is 763. The maximum atomic E-state index is 14.2. The van der Waals surface area contributed by atoms with Crippen molar-refractivity contribution in [3.05, 3.63) is 40.6 Å². The molecule has 2 amide bonds. The number of anilines is 1. The molecule has 114 valence electrons. The summed E-state index contributed by atoms with van der Waals surface area (Å²) in [6.07, 6.45) is 0.668. The van der Waals surface area contributed by atoms with Crippen LogP contribution in [-0.4, -0.2) is 29.2 Å². The number of halogens is 3. The van der Waals surface area contributed by atoms with Crippen molar-refractivity contribution in [1.82, 2.24) is 10.3 Å². The first-order valence-electron chi connectivity index (χ1n) is 6.19. The van der Waals surface area contributed by atoms with Crippen LogP contribution >= 0.6 is 11.6 Å². The molecule has 1 aromatic rings. The second kappa shape index (κ2) is 5.06. The van der Waals surface area contributed by atoms with Gasteiger partial charge < -0.3 is 0 Å². The van der Waals surface area contributed by atoms with Gasteiger partial charge in [-0.25, -0.2) is 14.7 Å². The molecule has 2 aliphatic heterocycles. The smallest absolute Gasteiger partial charge is 0.262 e. The molecule has 0 spiro atoms. The number of aryl methyl sites for hydroxylation is 1. The first-order valence-corrected chi connectivity index (χ1v) is 6.57. The number of nitrogens with zero attached hydrogens (tertiary/aromatic N) is 3. The predicted octanol–water partition coefficient (Wildman–Crippen LogP) is 1.65. The van der Waals surface area contributed by atoms with Gasteiger partial charge >= 0.3 is 0 Å². The predicted molar refractivity (Wildman–Crippen MR) is 75.1 cm³/mol. The molecular weight excluding hydrogens is 318 g/mol. The number of hydrazone groups is 1. The van der Waals surface area contributed by atoms with Gasteiger partial charge in [0.2, 0.25) is 11.9 Å². The molecule has 0 aromatic heterocycles. The number of hydrogen-bond acceptors (Lipinski definition) is 4. The number of rotatable bonds is 1. The van der Waals surface area contributed by atoms with Crippen LogP contribution in [0.1, 0.15) is 5.56 Å². The molecule has 0 saturated heterocycles. The number of carbonyl (C=O) groups excluding carboxylic acids is 2. The van der Waals surface area contributed by atoms with E-state index in [0.717, 1.165) is 15.9 Å². The van der Waals surface area contributed by atoms with Crippen LogP contribution in [0, 0.1) is 12.7 Å². The van der Waals surface area contributed by atoms with E-state index < -0.39 is 23.6 Å². The van der Waals surface area contributed by atoms with Gasteiger partial charge in [0.05, 0.1) is 11.8 Å². The molecule has 0 unspecified atom stereocenters. The summed E-state index contributed by atoms with van der Waals surface area (Å²) in [6.45, 7) is 1.28. The number of benzene rings is 1. The SMILES string of the molecule is Cc1cc(N2C(=O)C=C(F)N3CC(=O)NN=C32)c(F)cc1Cl. The zero-order valence-electron chi connectivity index (χ0n) is 11.2. The van der Waals surface area contributed by atoms with Crippen molar-refractivity contribution in [1.29, 1.82) is 0 Å². The van der Waals surface area contributed by atoms with E-state index >= 15 is 0 Å². The molecular formula is C13H9ClF2N4O2. The zero-order chi connectivity index (χ0) is 16.0. The van der Waals surface area contributed by atoms with Gasteiger partial charge in [-0.3, -0.25) is 14.5 Å². The van der Waals surface area contributed by atoms with E-state index in [1.807, 2.05) is 0 Å². The highest BCUT2D eigenvalue weighted by atomic mass is 35.5. The maximum absolute atomic E-state index is 14.2. The van der Waals surface area contributed by atoms with Crippen LogP contribution < -0.4 is 10.3 Å². The Hall–Kier alpha value is -2.48. The largest absolute Gasteiger partial charge is 0.277 e. The molecule has 0 saturated carbocycles. The van der Waals surface area contributed by atoms with Crippen molar-refractivity contribution < 1.29 is 18.4 Å².